The van der Waals surface area contributed by atoms with Crippen molar-refractivity contribution in [3.63, 3.8) is 0 Å². The molecule has 6 heteroatoms. The van der Waals surface area contributed by atoms with Crippen molar-refractivity contribution in [1.29, 1.82) is 0 Å². The molecule has 1 aliphatic rings. The lowest BCUT2D eigenvalue weighted by Gasteiger charge is -2.15. The first-order chi connectivity index (χ1) is 10.8. The summed E-state index contributed by atoms with van der Waals surface area (Å²) in [6.45, 7) is 1.07. The number of nitrogens with zero attached hydrogens (tertiary/aromatic N) is 1. The zero-order chi connectivity index (χ0) is 15.4. The Balaban J connectivity index is 0.00000192. The van der Waals surface area contributed by atoms with Crippen LogP contribution in [-0.2, 0) is 6.42 Å². The molecule has 122 valence electrons. The van der Waals surface area contributed by atoms with Gasteiger partial charge in [-0.25, -0.2) is 0 Å². The smallest absolute Gasteiger partial charge is 0.204 e. The number of ether oxygens (including phenoxy) is 3. The van der Waals surface area contributed by atoms with Crippen LogP contribution in [0.25, 0.3) is 0 Å². The van der Waals surface area contributed by atoms with Crippen LogP contribution in [0.4, 0.5) is 0 Å². The van der Waals surface area contributed by atoms with E-state index in [2.05, 4.69) is 4.98 Å². The number of rotatable bonds is 4. The molecule has 1 aliphatic heterocycles. The fraction of sp³-hybridized carbons (Fsp3) is 0.294. The van der Waals surface area contributed by atoms with Crippen LogP contribution in [0.1, 0.15) is 22.3 Å². The summed E-state index contributed by atoms with van der Waals surface area (Å²) in [5, 5.41) is 0. The number of benzene rings is 1. The molecule has 0 fully saturated rings. The number of Topliss-reactive ketones (excluding diaryl/α,β-unsaturated/α-hetero) is 1. The van der Waals surface area contributed by atoms with Gasteiger partial charge in [0.1, 0.15) is 0 Å². The first-order valence-corrected chi connectivity index (χ1v) is 7.18. The van der Waals surface area contributed by atoms with Gasteiger partial charge in [-0.3, -0.25) is 9.78 Å². The van der Waals surface area contributed by atoms with Gasteiger partial charge in [-0.2, -0.15) is 0 Å². The number of aromatic nitrogens is 1. The van der Waals surface area contributed by atoms with Crippen LogP contribution in [0.5, 0.6) is 17.2 Å². The van der Waals surface area contributed by atoms with E-state index in [9.17, 15) is 4.79 Å². The fourth-order valence-electron chi connectivity index (χ4n) is 2.39. The van der Waals surface area contributed by atoms with E-state index in [-0.39, 0.29) is 18.2 Å². The Morgan fingerprint density at radius 1 is 1.13 bits per heavy atom. The van der Waals surface area contributed by atoms with Crippen LogP contribution in [0.3, 0.4) is 0 Å². The molecular formula is C17H18ClNO4. The molecule has 2 aromatic rings. The van der Waals surface area contributed by atoms with Gasteiger partial charge in [-0.1, -0.05) is 0 Å². The van der Waals surface area contributed by atoms with Crippen molar-refractivity contribution in [3.8, 4) is 17.2 Å². The second kappa shape index (κ2) is 7.83. The van der Waals surface area contributed by atoms with Gasteiger partial charge >= 0.3 is 0 Å². The van der Waals surface area contributed by atoms with Crippen molar-refractivity contribution >= 4 is 18.2 Å². The normalized spacial score (nSPS) is 12.7. The van der Waals surface area contributed by atoms with E-state index in [1.54, 1.807) is 31.6 Å². The highest BCUT2D eigenvalue weighted by atomic mass is 35.5. The molecular weight excluding hydrogens is 318 g/mol. The standard InChI is InChI=1S/C17H17NO4.ClH/c1-20-15-4-3-13(16-17(15)22-10-2-9-21-16)14(19)11-12-5-7-18-8-6-12;/h3-8H,2,9-11H2,1H3;1H. The minimum absolute atomic E-state index is 0. The maximum absolute atomic E-state index is 12.6. The first kappa shape index (κ1) is 17.1. The summed E-state index contributed by atoms with van der Waals surface area (Å²) in [6, 6.07) is 7.14. The number of halogens is 1. The molecule has 0 amide bonds. The highest BCUT2D eigenvalue weighted by Gasteiger charge is 2.23. The lowest BCUT2D eigenvalue weighted by Crippen LogP contribution is -2.08. The van der Waals surface area contributed by atoms with Crippen LogP contribution < -0.4 is 14.2 Å². The number of ketones is 1. The monoisotopic (exact) mass is 335 g/mol. The average molecular weight is 336 g/mol. The molecule has 0 radical (unpaired) electrons. The minimum atomic E-state index is -0.0180. The molecule has 0 spiro atoms. The second-order valence-corrected chi connectivity index (χ2v) is 4.98. The number of pyridine rings is 1. The lowest BCUT2D eigenvalue weighted by atomic mass is 10.0. The summed E-state index contributed by atoms with van der Waals surface area (Å²) in [7, 11) is 1.57. The van der Waals surface area contributed by atoms with Gasteiger partial charge < -0.3 is 14.2 Å². The van der Waals surface area contributed by atoms with Crippen molar-refractivity contribution in [1.82, 2.24) is 4.98 Å². The average Bonchev–Trinajstić information content (AvgIpc) is 2.80. The van der Waals surface area contributed by atoms with Gasteiger partial charge in [0.2, 0.25) is 5.75 Å². The largest absolute Gasteiger partial charge is 0.493 e. The van der Waals surface area contributed by atoms with Crippen molar-refractivity contribution in [2.45, 2.75) is 12.8 Å². The Bertz CT molecular complexity index is 676. The first-order valence-electron chi connectivity index (χ1n) is 7.18. The third-order valence-electron chi connectivity index (χ3n) is 3.49. The zero-order valence-electron chi connectivity index (χ0n) is 12.8. The molecule has 23 heavy (non-hydrogen) atoms. The molecule has 0 saturated heterocycles. The Morgan fingerprint density at radius 3 is 2.52 bits per heavy atom. The van der Waals surface area contributed by atoms with E-state index in [1.807, 2.05) is 12.1 Å². The Labute approximate surface area is 141 Å². The highest BCUT2D eigenvalue weighted by Crippen LogP contribution is 2.41. The maximum Gasteiger partial charge on any atom is 0.204 e. The summed E-state index contributed by atoms with van der Waals surface area (Å²) in [5.74, 6) is 1.56. The van der Waals surface area contributed by atoms with Crippen molar-refractivity contribution in [3.05, 3.63) is 47.8 Å². The van der Waals surface area contributed by atoms with Gasteiger partial charge in [0.15, 0.2) is 17.3 Å². The van der Waals surface area contributed by atoms with Gasteiger partial charge in [-0.05, 0) is 29.8 Å². The van der Waals surface area contributed by atoms with Crippen molar-refractivity contribution in [2.75, 3.05) is 20.3 Å². The van der Waals surface area contributed by atoms with E-state index < -0.39 is 0 Å². The van der Waals surface area contributed by atoms with E-state index in [4.69, 9.17) is 14.2 Å². The molecule has 0 atom stereocenters. The predicted molar refractivity (Wildman–Crippen MR) is 88.1 cm³/mol. The topological polar surface area (TPSA) is 57.7 Å². The fourth-order valence-corrected chi connectivity index (χ4v) is 2.39. The summed E-state index contributed by atoms with van der Waals surface area (Å²) in [5.41, 5.74) is 1.44. The van der Waals surface area contributed by atoms with Crippen LogP contribution in [0.15, 0.2) is 36.7 Å². The predicted octanol–water partition coefficient (Wildman–Crippen LogP) is 3.10. The molecule has 0 aliphatic carbocycles. The van der Waals surface area contributed by atoms with Gasteiger partial charge in [-0.15, -0.1) is 12.4 Å². The van der Waals surface area contributed by atoms with Crippen LogP contribution in [0, 0.1) is 0 Å². The third-order valence-corrected chi connectivity index (χ3v) is 3.49. The molecule has 1 aromatic carbocycles. The number of hydrogen-bond acceptors (Lipinski definition) is 5. The number of hydrogen-bond donors (Lipinski definition) is 0. The van der Waals surface area contributed by atoms with Crippen LogP contribution in [-0.4, -0.2) is 31.1 Å². The van der Waals surface area contributed by atoms with E-state index in [0.29, 0.717) is 42.4 Å². The molecule has 0 unspecified atom stereocenters. The SMILES string of the molecule is COc1ccc(C(=O)Cc2ccncc2)c2c1OCCCO2.Cl. The molecule has 0 bridgehead atoms. The third kappa shape index (κ3) is 3.74. The number of fused-ring (bicyclic) bond motifs is 1. The molecule has 5 nitrogen and oxygen atoms in total. The van der Waals surface area contributed by atoms with Crippen LogP contribution in [0.2, 0.25) is 0 Å². The van der Waals surface area contributed by atoms with E-state index in [0.717, 1.165) is 12.0 Å². The van der Waals surface area contributed by atoms with Gasteiger partial charge in [0.05, 0.1) is 25.9 Å². The Morgan fingerprint density at radius 2 is 1.83 bits per heavy atom. The number of carbonyl (C=O) groups excluding carboxylic acids is 1. The summed E-state index contributed by atoms with van der Waals surface area (Å²) in [4.78, 5) is 16.6. The Kier molecular flexibility index (Phi) is 5.82. The Hall–Kier alpha value is -2.27. The second-order valence-electron chi connectivity index (χ2n) is 4.98. The summed E-state index contributed by atoms with van der Waals surface area (Å²) in [6.07, 6.45) is 4.42. The van der Waals surface area contributed by atoms with Crippen LogP contribution >= 0.6 is 12.4 Å². The van der Waals surface area contributed by atoms with Gasteiger partial charge in [0.25, 0.3) is 0 Å². The molecule has 0 saturated carbocycles. The number of carbonyl (C=O) groups is 1. The van der Waals surface area contributed by atoms with E-state index in [1.165, 1.54) is 0 Å². The zero-order valence-corrected chi connectivity index (χ0v) is 13.6. The lowest BCUT2D eigenvalue weighted by molar-refractivity contribution is 0.0989. The maximum atomic E-state index is 12.6. The summed E-state index contributed by atoms with van der Waals surface area (Å²) >= 11 is 0. The summed E-state index contributed by atoms with van der Waals surface area (Å²) < 4.78 is 16.7. The van der Waals surface area contributed by atoms with Crippen molar-refractivity contribution in [2.24, 2.45) is 0 Å². The van der Waals surface area contributed by atoms with Crippen molar-refractivity contribution < 1.29 is 19.0 Å². The molecule has 2 heterocycles. The minimum Gasteiger partial charge on any atom is -0.493 e. The molecule has 1 aromatic heterocycles. The molecule has 3 rings (SSSR count). The molecule has 0 N–H and O–H groups in total. The quantitative estimate of drug-likeness (QED) is 0.804. The van der Waals surface area contributed by atoms with E-state index >= 15 is 0 Å². The highest BCUT2D eigenvalue weighted by molar-refractivity contribution is 6.01. The number of methoxy groups -OCH3 is 1. The van der Waals surface area contributed by atoms with Gasteiger partial charge in [0, 0.05) is 25.2 Å².